The van der Waals surface area contributed by atoms with Gasteiger partial charge >= 0.3 is 17.1 Å². The Morgan fingerprint density at radius 1 is 0.667 bits per heavy atom. The molecule has 1 aromatic heterocycles. The van der Waals surface area contributed by atoms with Gasteiger partial charge in [0.05, 0.1) is 0 Å². The smallest absolute Gasteiger partial charge is 0.247 e. The Hall–Kier alpha value is -1.59. The highest BCUT2D eigenvalue weighted by Crippen LogP contribution is 1.74. The van der Waals surface area contributed by atoms with E-state index in [4.69, 9.17) is 0 Å². The first-order chi connectivity index (χ1) is 7.08. The zero-order chi connectivity index (χ0) is 11.6. The van der Waals surface area contributed by atoms with E-state index in [0.717, 1.165) is 13.7 Å². The van der Waals surface area contributed by atoms with E-state index in [1.165, 1.54) is 0 Å². The Morgan fingerprint density at radius 3 is 1.00 bits per heavy atom. The van der Waals surface area contributed by atoms with E-state index >= 15 is 0 Å². The van der Waals surface area contributed by atoms with Gasteiger partial charge in [0.25, 0.3) is 0 Å². The van der Waals surface area contributed by atoms with E-state index < -0.39 is 17.1 Å². The van der Waals surface area contributed by atoms with Crippen LogP contribution in [0.25, 0.3) is 0 Å². The Balaban J connectivity index is 3.82. The second kappa shape index (κ2) is 4.29. The zero-order valence-corrected chi connectivity index (χ0v) is 9.19. The molecule has 0 atom stereocenters. The number of rotatable bonds is 3. The summed E-state index contributed by atoms with van der Waals surface area (Å²) < 4.78 is 3.19. The third-order valence-corrected chi connectivity index (χ3v) is 2.33. The lowest BCUT2D eigenvalue weighted by molar-refractivity contribution is 0.472. The lowest BCUT2D eigenvalue weighted by atomic mass is 10.6. The van der Waals surface area contributed by atoms with Crippen LogP contribution < -0.4 is 17.1 Å². The van der Waals surface area contributed by atoms with Crippen LogP contribution in [-0.2, 0) is 19.6 Å². The fourth-order valence-electron chi connectivity index (χ4n) is 1.49. The molecule has 0 amide bonds. The van der Waals surface area contributed by atoms with Crippen LogP contribution in [0.3, 0.4) is 0 Å². The number of nitrogens with zero attached hydrogens (tertiary/aromatic N) is 3. The van der Waals surface area contributed by atoms with E-state index in [1.54, 1.807) is 20.8 Å². The SMILES string of the molecule is CCn1c(=O)n(CC)c(=O)n(CC)c1=O. The third-order valence-electron chi connectivity index (χ3n) is 2.33. The highest BCUT2D eigenvalue weighted by atomic mass is 16.2. The summed E-state index contributed by atoms with van der Waals surface area (Å²) in [5, 5.41) is 0. The van der Waals surface area contributed by atoms with Crippen LogP contribution in [0.2, 0.25) is 0 Å². The van der Waals surface area contributed by atoms with E-state index in [9.17, 15) is 14.4 Å². The van der Waals surface area contributed by atoms with E-state index in [2.05, 4.69) is 0 Å². The minimum atomic E-state index is -0.528. The van der Waals surface area contributed by atoms with E-state index in [1.807, 2.05) is 0 Å². The number of aromatic nitrogens is 3. The van der Waals surface area contributed by atoms with Gasteiger partial charge < -0.3 is 0 Å². The van der Waals surface area contributed by atoms with Gasteiger partial charge in [-0.1, -0.05) is 0 Å². The van der Waals surface area contributed by atoms with Crippen LogP contribution in [0, 0.1) is 0 Å². The van der Waals surface area contributed by atoms with Crippen molar-refractivity contribution in [2.24, 2.45) is 0 Å². The molecule has 0 radical (unpaired) electrons. The first-order valence-electron chi connectivity index (χ1n) is 5.02. The van der Waals surface area contributed by atoms with E-state index in [0.29, 0.717) is 0 Å². The quantitative estimate of drug-likeness (QED) is 0.662. The maximum atomic E-state index is 11.7. The topological polar surface area (TPSA) is 66.0 Å². The zero-order valence-electron chi connectivity index (χ0n) is 9.19. The monoisotopic (exact) mass is 213 g/mol. The molecule has 1 aromatic rings. The molecule has 15 heavy (non-hydrogen) atoms. The Kier molecular flexibility index (Phi) is 3.28. The molecule has 0 aromatic carbocycles. The molecule has 0 saturated carbocycles. The van der Waals surface area contributed by atoms with Crippen molar-refractivity contribution in [1.29, 1.82) is 0 Å². The van der Waals surface area contributed by atoms with Crippen LogP contribution in [0.15, 0.2) is 14.4 Å². The van der Waals surface area contributed by atoms with Crippen LogP contribution in [0.1, 0.15) is 20.8 Å². The van der Waals surface area contributed by atoms with Crippen molar-refractivity contribution in [2.45, 2.75) is 40.4 Å². The molecular formula is C9H15N3O3. The van der Waals surface area contributed by atoms with Gasteiger partial charge in [0, 0.05) is 19.6 Å². The Labute approximate surface area is 86.4 Å². The second-order valence-corrected chi connectivity index (χ2v) is 3.08. The van der Waals surface area contributed by atoms with Gasteiger partial charge in [-0.2, -0.15) is 0 Å². The molecule has 0 fully saturated rings. The molecule has 0 aliphatic carbocycles. The Bertz CT molecular complexity index is 414. The van der Waals surface area contributed by atoms with Gasteiger partial charge in [-0.3, -0.25) is 0 Å². The minimum absolute atomic E-state index is 0.276. The van der Waals surface area contributed by atoms with Crippen molar-refractivity contribution in [2.75, 3.05) is 0 Å². The molecule has 0 spiro atoms. The first kappa shape index (κ1) is 11.5. The summed E-state index contributed by atoms with van der Waals surface area (Å²) >= 11 is 0. The third kappa shape index (κ3) is 1.67. The fraction of sp³-hybridized carbons (Fsp3) is 0.667. The predicted octanol–water partition coefficient (Wildman–Crippen LogP) is -0.769. The van der Waals surface area contributed by atoms with Crippen LogP contribution in [-0.4, -0.2) is 13.7 Å². The predicted molar refractivity (Wildman–Crippen MR) is 56.2 cm³/mol. The molecule has 1 rings (SSSR count). The molecule has 84 valence electrons. The standard InChI is InChI=1S/C9H15N3O3/c1-4-10-7(13)11(5-2)9(15)12(6-3)8(10)14/h4-6H2,1-3H3. The molecule has 0 unspecified atom stereocenters. The maximum Gasteiger partial charge on any atom is 0.336 e. The van der Waals surface area contributed by atoms with Crippen LogP contribution in [0.5, 0.6) is 0 Å². The highest BCUT2D eigenvalue weighted by molar-refractivity contribution is 4.77. The summed E-state index contributed by atoms with van der Waals surface area (Å²) in [4.78, 5) is 35.0. The summed E-state index contributed by atoms with van der Waals surface area (Å²) in [5.74, 6) is 0. The average molecular weight is 213 g/mol. The van der Waals surface area contributed by atoms with Gasteiger partial charge in [-0.05, 0) is 20.8 Å². The largest absolute Gasteiger partial charge is 0.336 e. The highest BCUT2D eigenvalue weighted by Gasteiger charge is 2.11. The van der Waals surface area contributed by atoms with Crippen molar-refractivity contribution >= 4 is 0 Å². The van der Waals surface area contributed by atoms with Crippen molar-refractivity contribution < 1.29 is 0 Å². The summed E-state index contributed by atoms with van der Waals surface area (Å²) in [5.41, 5.74) is -1.58. The van der Waals surface area contributed by atoms with Crippen molar-refractivity contribution in [3.63, 3.8) is 0 Å². The summed E-state index contributed by atoms with van der Waals surface area (Å²) in [7, 11) is 0. The molecule has 1 heterocycles. The lowest BCUT2D eigenvalue weighted by Crippen LogP contribution is -2.53. The molecule has 0 N–H and O–H groups in total. The average Bonchev–Trinajstić information content (AvgIpc) is 2.19. The van der Waals surface area contributed by atoms with Crippen LogP contribution >= 0.6 is 0 Å². The Morgan fingerprint density at radius 2 is 0.867 bits per heavy atom. The van der Waals surface area contributed by atoms with Gasteiger partial charge in [-0.25, -0.2) is 28.1 Å². The molecule has 0 aliphatic rings. The van der Waals surface area contributed by atoms with Crippen LogP contribution in [0.4, 0.5) is 0 Å². The van der Waals surface area contributed by atoms with Gasteiger partial charge in [0.15, 0.2) is 0 Å². The van der Waals surface area contributed by atoms with Crippen molar-refractivity contribution in [1.82, 2.24) is 13.7 Å². The van der Waals surface area contributed by atoms with Crippen molar-refractivity contribution in [3.8, 4) is 0 Å². The van der Waals surface area contributed by atoms with Crippen molar-refractivity contribution in [3.05, 3.63) is 31.5 Å². The second-order valence-electron chi connectivity index (χ2n) is 3.08. The minimum Gasteiger partial charge on any atom is -0.247 e. The lowest BCUT2D eigenvalue weighted by Gasteiger charge is -2.09. The first-order valence-corrected chi connectivity index (χ1v) is 5.02. The molecular weight excluding hydrogens is 198 g/mol. The van der Waals surface area contributed by atoms with Gasteiger partial charge in [-0.15, -0.1) is 0 Å². The fourth-order valence-corrected chi connectivity index (χ4v) is 1.49. The van der Waals surface area contributed by atoms with E-state index in [-0.39, 0.29) is 19.6 Å². The maximum absolute atomic E-state index is 11.7. The molecule has 0 saturated heterocycles. The molecule has 0 aliphatic heterocycles. The molecule has 0 bridgehead atoms. The molecule has 6 heteroatoms. The number of hydrogen-bond donors (Lipinski definition) is 0. The summed E-state index contributed by atoms with van der Waals surface area (Å²) in [6.45, 7) is 5.93. The summed E-state index contributed by atoms with van der Waals surface area (Å²) in [6.07, 6.45) is 0. The summed E-state index contributed by atoms with van der Waals surface area (Å²) in [6, 6.07) is 0. The van der Waals surface area contributed by atoms with Gasteiger partial charge in [0.1, 0.15) is 0 Å². The normalized spacial score (nSPS) is 10.6. The van der Waals surface area contributed by atoms with Gasteiger partial charge in [0.2, 0.25) is 0 Å². The number of hydrogen-bond acceptors (Lipinski definition) is 3. The molecule has 6 nitrogen and oxygen atoms in total.